The van der Waals surface area contributed by atoms with Crippen molar-refractivity contribution in [2.45, 2.75) is 219 Å². The van der Waals surface area contributed by atoms with Crippen LogP contribution in [-0.2, 0) is 27.9 Å². The lowest BCUT2D eigenvalue weighted by Crippen LogP contribution is -2.28. The molecule has 0 aromatic rings. The molecule has 0 aromatic carbocycles. The summed E-state index contributed by atoms with van der Waals surface area (Å²) in [5, 5.41) is 18.3. The summed E-state index contributed by atoms with van der Waals surface area (Å²) in [6, 6.07) is 0. The summed E-state index contributed by atoms with van der Waals surface area (Å²) in [6.07, 6.45) is 38.3. The van der Waals surface area contributed by atoms with Crippen molar-refractivity contribution in [1.29, 1.82) is 0 Å². The Morgan fingerprint density at radius 1 is 0.588 bits per heavy atom. The average Bonchev–Trinajstić information content (AvgIpc) is 3.12. The molecule has 0 aliphatic heterocycles. The Bertz CT molecular complexity index is 810. The number of phosphoric ester groups is 1. The molecular formula is C41H81O9P. The molecule has 0 aliphatic rings. The van der Waals surface area contributed by atoms with Crippen LogP contribution in [0.2, 0.25) is 0 Å². The highest BCUT2D eigenvalue weighted by atomic mass is 31.2. The van der Waals surface area contributed by atoms with Gasteiger partial charge in [0.15, 0.2) is 6.10 Å². The molecule has 0 aliphatic carbocycles. The van der Waals surface area contributed by atoms with Crippen LogP contribution in [0.4, 0.5) is 0 Å². The number of carbonyl (C=O) groups excluding carboxylic acids is 1. The number of esters is 1. The Morgan fingerprint density at radius 3 is 1.41 bits per heavy atom. The molecule has 0 rings (SSSR count). The number of rotatable bonds is 41. The Balaban J connectivity index is 4.20. The maximum Gasteiger partial charge on any atom is 0.472 e. The summed E-state index contributed by atoms with van der Waals surface area (Å²) in [5.41, 5.74) is 0. The molecular weight excluding hydrogens is 667 g/mol. The van der Waals surface area contributed by atoms with Gasteiger partial charge in [0.25, 0.3) is 0 Å². The molecule has 0 amide bonds. The minimum atomic E-state index is -4.52. The van der Waals surface area contributed by atoms with E-state index in [4.69, 9.17) is 23.6 Å². The van der Waals surface area contributed by atoms with Crippen LogP contribution < -0.4 is 0 Å². The van der Waals surface area contributed by atoms with Crippen LogP contribution in [0.3, 0.4) is 0 Å². The van der Waals surface area contributed by atoms with Crippen molar-refractivity contribution in [2.75, 3.05) is 26.4 Å². The van der Waals surface area contributed by atoms with Crippen LogP contribution >= 0.6 is 7.82 Å². The summed E-state index contributed by atoms with van der Waals surface area (Å²) in [4.78, 5) is 22.5. The molecule has 0 heterocycles. The minimum absolute atomic E-state index is 0.0288. The van der Waals surface area contributed by atoms with E-state index in [1.165, 1.54) is 154 Å². The first-order valence-corrected chi connectivity index (χ1v) is 22.7. The standard InChI is InChI=1S/C41H81O9P/c1-3-5-7-9-11-13-15-17-19-20-22-24-26-28-30-32-34-47-37-40(38-49-51(45,46)48-36-39(43)35-42)50-41(44)33-31-29-27-25-23-21-18-16-14-12-10-8-6-4-2/h32,34,39-40,42-43H,3-31,33,35-38H2,1-2H3,(H,45,46)/b34-32-/t39-,40+/m0/s1. The number of aliphatic hydroxyl groups is 2. The number of hydrogen-bond donors (Lipinski definition) is 3. The lowest BCUT2D eigenvalue weighted by molar-refractivity contribution is -0.153. The van der Waals surface area contributed by atoms with E-state index < -0.39 is 45.8 Å². The molecule has 0 fully saturated rings. The van der Waals surface area contributed by atoms with Gasteiger partial charge in [-0.15, -0.1) is 0 Å². The van der Waals surface area contributed by atoms with Gasteiger partial charge in [0, 0.05) is 6.42 Å². The molecule has 0 spiro atoms. The first kappa shape index (κ1) is 50.0. The van der Waals surface area contributed by atoms with Crippen LogP contribution in [0, 0.1) is 0 Å². The first-order chi connectivity index (χ1) is 24.8. The molecule has 304 valence electrons. The quantitative estimate of drug-likeness (QED) is 0.0242. The molecule has 10 heteroatoms. The van der Waals surface area contributed by atoms with Crippen LogP contribution in [0.25, 0.3) is 0 Å². The van der Waals surface area contributed by atoms with E-state index >= 15 is 0 Å². The lowest BCUT2D eigenvalue weighted by Gasteiger charge is -2.20. The Kier molecular flexibility index (Phi) is 38.0. The van der Waals surface area contributed by atoms with E-state index in [-0.39, 0.29) is 13.0 Å². The van der Waals surface area contributed by atoms with Crippen LogP contribution in [0.15, 0.2) is 12.3 Å². The summed E-state index contributed by atoms with van der Waals surface area (Å²) >= 11 is 0. The maximum absolute atomic E-state index is 12.6. The van der Waals surface area contributed by atoms with Gasteiger partial charge in [-0.1, -0.05) is 181 Å². The third kappa shape index (κ3) is 38.6. The van der Waals surface area contributed by atoms with E-state index in [1.54, 1.807) is 6.26 Å². The van der Waals surface area contributed by atoms with Crippen molar-refractivity contribution < 1.29 is 43.0 Å². The minimum Gasteiger partial charge on any atom is -0.498 e. The number of phosphoric acid groups is 1. The van der Waals surface area contributed by atoms with Gasteiger partial charge in [0.1, 0.15) is 12.7 Å². The van der Waals surface area contributed by atoms with Crippen molar-refractivity contribution in [3.05, 3.63) is 12.3 Å². The third-order valence-electron chi connectivity index (χ3n) is 9.30. The third-order valence-corrected chi connectivity index (χ3v) is 10.2. The summed E-state index contributed by atoms with van der Waals surface area (Å²) in [5.74, 6) is -0.401. The Hall–Kier alpha value is -0.960. The van der Waals surface area contributed by atoms with Gasteiger partial charge in [-0.05, 0) is 25.3 Å². The van der Waals surface area contributed by atoms with E-state index in [0.717, 1.165) is 32.1 Å². The van der Waals surface area contributed by atoms with E-state index in [0.29, 0.717) is 0 Å². The number of allylic oxidation sites excluding steroid dienone is 1. The number of aliphatic hydroxyl groups excluding tert-OH is 2. The fourth-order valence-corrected chi connectivity index (χ4v) is 6.82. The number of hydrogen-bond acceptors (Lipinski definition) is 8. The van der Waals surface area contributed by atoms with Gasteiger partial charge in [-0.3, -0.25) is 13.8 Å². The van der Waals surface area contributed by atoms with Gasteiger partial charge < -0.3 is 24.6 Å². The Morgan fingerprint density at radius 2 is 0.980 bits per heavy atom. The summed E-state index contributed by atoms with van der Waals surface area (Å²) < 4.78 is 33.1. The fraction of sp³-hybridized carbons (Fsp3) is 0.927. The van der Waals surface area contributed by atoms with Crippen LogP contribution in [0.5, 0.6) is 0 Å². The predicted molar refractivity (Wildman–Crippen MR) is 210 cm³/mol. The molecule has 1 unspecified atom stereocenters. The number of carbonyl (C=O) groups is 1. The summed E-state index contributed by atoms with van der Waals surface area (Å²) in [7, 11) is -4.52. The largest absolute Gasteiger partial charge is 0.498 e. The lowest BCUT2D eigenvalue weighted by atomic mass is 10.0. The second kappa shape index (κ2) is 38.8. The monoisotopic (exact) mass is 749 g/mol. The van der Waals surface area contributed by atoms with Crippen molar-refractivity contribution in [1.82, 2.24) is 0 Å². The first-order valence-electron chi connectivity index (χ1n) is 21.2. The van der Waals surface area contributed by atoms with E-state index in [9.17, 15) is 19.4 Å². The number of unbranched alkanes of at least 4 members (excludes halogenated alkanes) is 27. The average molecular weight is 749 g/mol. The molecule has 51 heavy (non-hydrogen) atoms. The molecule has 3 N–H and O–H groups in total. The number of ether oxygens (including phenoxy) is 2. The highest BCUT2D eigenvalue weighted by Gasteiger charge is 2.26. The molecule has 0 aromatic heterocycles. The van der Waals surface area contributed by atoms with Gasteiger partial charge in [-0.2, -0.15) is 0 Å². The van der Waals surface area contributed by atoms with E-state index in [1.807, 2.05) is 6.08 Å². The van der Waals surface area contributed by atoms with Gasteiger partial charge in [0.05, 0.1) is 26.1 Å². The van der Waals surface area contributed by atoms with E-state index in [2.05, 4.69) is 13.8 Å². The molecule has 0 saturated heterocycles. The zero-order valence-electron chi connectivity index (χ0n) is 33.1. The van der Waals surface area contributed by atoms with Crippen molar-refractivity contribution >= 4 is 13.8 Å². The predicted octanol–water partition coefficient (Wildman–Crippen LogP) is 11.7. The molecule has 9 nitrogen and oxygen atoms in total. The van der Waals surface area contributed by atoms with Crippen LogP contribution in [-0.4, -0.2) is 59.7 Å². The fourth-order valence-electron chi connectivity index (χ4n) is 6.03. The van der Waals surface area contributed by atoms with Gasteiger partial charge in [-0.25, -0.2) is 4.57 Å². The van der Waals surface area contributed by atoms with Crippen molar-refractivity contribution in [2.24, 2.45) is 0 Å². The zero-order chi connectivity index (χ0) is 37.5. The second-order valence-electron chi connectivity index (χ2n) is 14.4. The molecule has 3 atom stereocenters. The summed E-state index contributed by atoms with van der Waals surface area (Å²) in [6.45, 7) is 2.91. The second-order valence-corrected chi connectivity index (χ2v) is 15.9. The molecule has 0 radical (unpaired) electrons. The normalized spacial score (nSPS) is 14.1. The van der Waals surface area contributed by atoms with Gasteiger partial charge >= 0.3 is 13.8 Å². The molecule has 0 saturated carbocycles. The Labute approximate surface area is 313 Å². The zero-order valence-corrected chi connectivity index (χ0v) is 34.0. The van der Waals surface area contributed by atoms with Crippen LogP contribution in [0.1, 0.15) is 206 Å². The van der Waals surface area contributed by atoms with Crippen molar-refractivity contribution in [3.63, 3.8) is 0 Å². The SMILES string of the molecule is CCCCCCCCCCCCCCCC/C=C\OC[C@H](COP(=O)(O)OC[C@@H](O)CO)OC(=O)CCCCCCCCCCCCCCCC. The topological polar surface area (TPSA) is 132 Å². The molecule has 0 bridgehead atoms. The highest BCUT2D eigenvalue weighted by molar-refractivity contribution is 7.47. The smallest absolute Gasteiger partial charge is 0.472 e. The van der Waals surface area contributed by atoms with Crippen molar-refractivity contribution in [3.8, 4) is 0 Å². The highest BCUT2D eigenvalue weighted by Crippen LogP contribution is 2.43. The maximum atomic E-state index is 12.6. The van der Waals surface area contributed by atoms with Gasteiger partial charge in [0.2, 0.25) is 0 Å².